The maximum Gasteiger partial charge on any atom is 0.263 e. The van der Waals surface area contributed by atoms with Gasteiger partial charge in [0.15, 0.2) is 0 Å². The van der Waals surface area contributed by atoms with Gasteiger partial charge in [0.05, 0.1) is 11.7 Å². The summed E-state index contributed by atoms with van der Waals surface area (Å²) < 4.78 is 24.2. The molecular formula is C21H19FN2O4S. The third kappa shape index (κ3) is 4.23. The molecule has 2 N–H and O–H groups in total. The normalized spacial score (nSPS) is 17.9. The van der Waals surface area contributed by atoms with Gasteiger partial charge in [-0.3, -0.25) is 4.79 Å². The van der Waals surface area contributed by atoms with E-state index in [1.165, 1.54) is 35.6 Å². The molecule has 2 aromatic carbocycles. The van der Waals surface area contributed by atoms with Gasteiger partial charge in [0.25, 0.3) is 5.91 Å². The Morgan fingerprint density at radius 2 is 2.07 bits per heavy atom. The maximum absolute atomic E-state index is 13.0. The molecule has 0 radical (unpaired) electrons. The molecule has 2 atom stereocenters. The molecule has 0 fully saturated rings. The number of hydrogen-bond acceptors (Lipinski definition) is 6. The number of halogens is 1. The number of aliphatic hydroxyl groups excluding tert-OH is 1. The Morgan fingerprint density at radius 1 is 1.31 bits per heavy atom. The third-order valence-electron chi connectivity index (χ3n) is 4.58. The van der Waals surface area contributed by atoms with Crippen LogP contribution in [0.3, 0.4) is 0 Å². The fourth-order valence-electron chi connectivity index (χ4n) is 3.10. The van der Waals surface area contributed by atoms with Crippen molar-refractivity contribution in [1.82, 2.24) is 10.3 Å². The van der Waals surface area contributed by atoms with Crippen LogP contribution < -0.4 is 14.8 Å². The molecular weight excluding hydrogens is 395 g/mol. The molecule has 150 valence electrons. The van der Waals surface area contributed by atoms with E-state index in [0.29, 0.717) is 32.6 Å². The molecule has 2 heterocycles. The van der Waals surface area contributed by atoms with Crippen molar-refractivity contribution in [3.8, 4) is 11.5 Å². The number of nitrogens with zero attached hydrogens (tertiary/aromatic N) is 1. The smallest absolute Gasteiger partial charge is 0.263 e. The molecule has 1 amide bonds. The van der Waals surface area contributed by atoms with Crippen molar-refractivity contribution < 1.29 is 23.8 Å². The lowest BCUT2D eigenvalue weighted by Gasteiger charge is -2.30. The quantitative estimate of drug-likeness (QED) is 0.669. The standard InChI is InChI=1S/C21H19FN2O4S/c1-12-20(29-18(23-12)11-27-14-8-6-13(22)7-9-14)21(26)24-16-10-28-17-5-3-2-4-15(17)19(16)25/h2-9,16,19,25H,10-11H2,1H3,(H,24,26). The fraction of sp³-hybridized carbons (Fsp3) is 0.238. The van der Waals surface area contributed by atoms with Gasteiger partial charge in [-0.2, -0.15) is 0 Å². The zero-order valence-corrected chi connectivity index (χ0v) is 16.4. The number of carbonyl (C=O) groups excluding carboxylic acids is 1. The summed E-state index contributed by atoms with van der Waals surface area (Å²) in [5.41, 5.74) is 1.23. The summed E-state index contributed by atoms with van der Waals surface area (Å²) in [6, 6.07) is 12.4. The van der Waals surface area contributed by atoms with Crippen molar-refractivity contribution in [2.45, 2.75) is 25.7 Å². The molecule has 1 aliphatic heterocycles. The van der Waals surface area contributed by atoms with E-state index >= 15 is 0 Å². The monoisotopic (exact) mass is 414 g/mol. The number of nitrogens with one attached hydrogen (secondary N) is 1. The highest BCUT2D eigenvalue weighted by molar-refractivity contribution is 7.13. The van der Waals surface area contributed by atoms with Crippen LogP contribution in [0.25, 0.3) is 0 Å². The van der Waals surface area contributed by atoms with Gasteiger partial charge in [0.1, 0.15) is 46.5 Å². The molecule has 1 aliphatic rings. The van der Waals surface area contributed by atoms with Gasteiger partial charge in [0.2, 0.25) is 0 Å². The number of rotatable bonds is 5. The molecule has 0 bridgehead atoms. The molecule has 0 aliphatic carbocycles. The SMILES string of the molecule is Cc1nc(COc2ccc(F)cc2)sc1C(=O)NC1COc2ccccc2C1O. The summed E-state index contributed by atoms with van der Waals surface area (Å²) in [6.07, 6.45) is -0.849. The van der Waals surface area contributed by atoms with Crippen molar-refractivity contribution in [3.63, 3.8) is 0 Å². The van der Waals surface area contributed by atoms with Crippen LogP contribution in [0.15, 0.2) is 48.5 Å². The molecule has 1 aromatic heterocycles. The number of aliphatic hydroxyl groups is 1. The topological polar surface area (TPSA) is 80.7 Å². The Hall–Kier alpha value is -2.97. The average molecular weight is 414 g/mol. The highest BCUT2D eigenvalue weighted by Crippen LogP contribution is 2.32. The number of carbonyl (C=O) groups is 1. The van der Waals surface area contributed by atoms with Gasteiger partial charge in [-0.05, 0) is 37.3 Å². The highest BCUT2D eigenvalue weighted by Gasteiger charge is 2.31. The summed E-state index contributed by atoms with van der Waals surface area (Å²) in [4.78, 5) is 17.6. The molecule has 8 heteroatoms. The van der Waals surface area contributed by atoms with E-state index < -0.39 is 12.1 Å². The summed E-state index contributed by atoms with van der Waals surface area (Å²) in [6.45, 7) is 2.10. The number of ether oxygens (including phenoxy) is 2. The molecule has 0 spiro atoms. The summed E-state index contributed by atoms with van der Waals surface area (Å²) in [5.74, 6) is 0.490. The van der Waals surface area contributed by atoms with Gasteiger partial charge in [-0.1, -0.05) is 18.2 Å². The minimum atomic E-state index is -0.849. The van der Waals surface area contributed by atoms with Crippen LogP contribution in [0.1, 0.15) is 32.0 Å². The molecule has 29 heavy (non-hydrogen) atoms. The minimum absolute atomic E-state index is 0.174. The lowest BCUT2D eigenvalue weighted by atomic mass is 9.99. The summed E-state index contributed by atoms with van der Waals surface area (Å²) in [5, 5.41) is 14.0. The Kier molecular flexibility index (Phi) is 5.46. The molecule has 4 rings (SSSR count). The Morgan fingerprint density at radius 3 is 2.86 bits per heavy atom. The number of amides is 1. The van der Waals surface area contributed by atoms with E-state index in [9.17, 15) is 14.3 Å². The molecule has 2 unspecified atom stereocenters. The largest absolute Gasteiger partial charge is 0.491 e. The van der Waals surface area contributed by atoms with E-state index in [-0.39, 0.29) is 24.9 Å². The number of aryl methyl sites for hydroxylation is 1. The number of hydrogen-bond donors (Lipinski definition) is 2. The average Bonchev–Trinajstić information content (AvgIpc) is 3.10. The van der Waals surface area contributed by atoms with Crippen molar-refractivity contribution in [3.05, 3.63) is 75.5 Å². The third-order valence-corrected chi connectivity index (χ3v) is 5.71. The molecule has 0 saturated heterocycles. The van der Waals surface area contributed by atoms with Crippen LogP contribution in [-0.4, -0.2) is 28.6 Å². The lowest BCUT2D eigenvalue weighted by Crippen LogP contribution is -2.45. The zero-order chi connectivity index (χ0) is 20.4. The second kappa shape index (κ2) is 8.18. The highest BCUT2D eigenvalue weighted by atomic mass is 32.1. The van der Waals surface area contributed by atoms with Gasteiger partial charge < -0.3 is 19.9 Å². The molecule has 3 aromatic rings. The molecule has 6 nitrogen and oxygen atoms in total. The van der Waals surface area contributed by atoms with Crippen LogP contribution >= 0.6 is 11.3 Å². The fourth-order valence-corrected chi connectivity index (χ4v) is 3.98. The van der Waals surface area contributed by atoms with Crippen LogP contribution in [0, 0.1) is 12.7 Å². The number of fused-ring (bicyclic) bond motifs is 1. The second-order valence-corrected chi connectivity index (χ2v) is 7.72. The van der Waals surface area contributed by atoms with Gasteiger partial charge in [0, 0.05) is 5.56 Å². The Balaban J connectivity index is 1.41. The molecule has 0 saturated carbocycles. The first-order valence-electron chi connectivity index (χ1n) is 9.06. The van der Waals surface area contributed by atoms with E-state index in [0.717, 1.165) is 0 Å². The summed E-state index contributed by atoms with van der Waals surface area (Å²) in [7, 11) is 0. The second-order valence-electron chi connectivity index (χ2n) is 6.64. The summed E-state index contributed by atoms with van der Waals surface area (Å²) >= 11 is 1.22. The Labute approximate surface area is 170 Å². The predicted molar refractivity (Wildman–Crippen MR) is 106 cm³/mol. The van der Waals surface area contributed by atoms with Crippen LogP contribution in [0.2, 0.25) is 0 Å². The Bertz CT molecular complexity index is 1020. The van der Waals surface area contributed by atoms with Gasteiger partial charge in [-0.25, -0.2) is 9.37 Å². The van der Waals surface area contributed by atoms with Gasteiger partial charge >= 0.3 is 0 Å². The number of para-hydroxylation sites is 1. The van der Waals surface area contributed by atoms with Crippen LogP contribution in [0.5, 0.6) is 11.5 Å². The lowest BCUT2D eigenvalue weighted by molar-refractivity contribution is 0.0618. The first kappa shape index (κ1) is 19.4. The van der Waals surface area contributed by atoms with Crippen molar-refractivity contribution in [2.24, 2.45) is 0 Å². The minimum Gasteiger partial charge on any atom is -0.491 e. The van der Waals surface area contributed by atoms with E-state index in [4.69, 9.17) is 9.47 Å². The maximum atomic E-state index is 13.0. The van der Waals surface area contributed by atoms with Crippen LogP contribution in [0.4, 0.5) is 4.39 Å². The van der Waals surface area contributed by atoms with Gasteiger partial charge in [-0.15, -0.1) is 11.3 Å². The van der Waals surface area contributed by atoms with Crippen molar-refractivity contribution in [2.75, 3.05) is 6.61 Å². The van der Waals surface area contributed by atoms with Crippen molar-refractivity contribution >= 4 is 17.2 Å². The predicted octanol–water partition coefficient (Wildman–Crippen LogP) is 3.39. The van der Waals surface area contributed by atoms with E-state index in [1.807, 2.05) is 12.1 Å². The van der Waals surface area contributed by atoms with Crippen molar-refractivity contribution in [1.29, 1.82) is 0 Å². The van der Waals surface area contributed by atoms with E-state index in [2.05, 4.69) is 10.3 Å². The first-order chi connectivity index (χ1) is 14.0. The van der Waals surface area contributed by atoms with E-state index in [1.54, 1.807) is 19.1 Å². The van der Waals surface area contributed by atoms with Crippen LogP contribution in [-0.2, 0) is 6.61 Å². The number of thiazole rings is 1. The zero-order valence-electron chi connectivity index (χ0n) is 15.6. The number of benzene rings is 2. The number of aromatic nitrogens is 1. The first-order valence-corrected chi connectivity index (χ1v) is 9.88.